The van der Waals surface area contributed by atoms with E-state index < -0.39 is 0 Å². The van der Waals surface area contributed by atoms with Gasteiger partial charge in [0.05, 0.1) is 5.56 Å². The number of ether oxygens (including phenoxy) is 1. The second kappa shape index (κ2) is 10.7. The lowest BCUT2D eigenvalue weighted by Crippen LogP contribution is -2.15. The fourth-order valence-corrected chi connectivity index (χ4v) is 3.83. The van der Waals surface area contributed by atoms with Crippen molar-refractivity contribution in [3.8, 4) is 11.5 Å². The van der Waals surface area contributed by atoms with Crippen LogP contribution in [0.2, 0.25) is 0 Å². The van der Waals surface area contributed by atoms with Gasteiger partial charge < -0.3 is 21.4 Å². The van der Waals surface area contributed by atoms with Gasteiger partial charge in [-0.25, -0.2) is 0 Å². The minimum atomic E-state index is -0.162. The minimum Gasteiger partial charge on any atom is -0.507 e. The molecule has 0 saturated heterocycles. The summed E-state index contributed by atoms with van der Waals surface area (Å²) >= 11 is 0. The Bertz CT molecular complexity index is 1150. The van der Waals surface area contributed by atoms with Crippen molar-refractivity contribution in [1.29, 1.82) is 0 Å². The number of Topliss-reactive ketones (excluding diaryl/α,β-unsaturated/α-hetero) is 1. The molecule has 0 aliphatic carbocycles. The van der Waals surface area contributed by atoms with E-state index in [4.69, 9.17) is 16.3 Å². The third-order valence-corrected chi connectivity index (χ3v) is 5.81. The van der Waals surface area contributed by atoms with Gasteiger partial charge in [0.2, 0.25) is 0 Å². The van der Waals surface area contributed by atoms with Gasteiger partial charge in [0.25, 0.3) is 0 Å². The molecule has 172 valence electrons. The van der Waals surface area contributed by atoms with Crippen LogP contribution in [0, 0.1) is 0 Å². The zero-order valence-electron chi connectivity index (χ0n) is 19.3. The van der Waals surface area contributed by atoms with E-state index in [1.54, 1.807) is 12.1 Å². The maximum atomic E-state index is 11.8. The summed E-state index contributed by atoms with van der Waals surface area (Å²) in [7, 11) is 0. The van der Waals surface area contributed by atoms with Gasteiger partial charge in [0, 0.05) is 17.0 Å². The van der Waals surface area contributed by atoms with Crippen LogP contribution in [0.25, 0.3) is 0 Å². The van der Waals surface area contributed by atoms with Gasteiger partial charge in [-0.15, -0.1) is 0 Å². The fraction of sp³-hybridized carbons (Fsp3) is 0.259. The number of amidine groups is 1. The first kappa shape index (κ1) is 23.9. The normalized spacial score (nSPS) is 12.4. The van der Waals surface area contributed by atoms with Crippen LogP contribution in [-0.4, -0.2) is 16.7 Å². The molecule has 0 fully saturated rings. The van der Waals surface area contributed by atoms with E-state index in [1.807, 2.05) is 37.3 Å². The van der Waals surface area contributed by atoms with E-state index in [1.165, 1.54) is 6.92 Å². The molecule has 1 unspecified atom stereocenters. The Kier molecular flexibility index (Phi) is 7.72. The molecule has 3 aromatic carbocycles. The molecule has 0 aliphatic heterocycles. The number of nitrogens with two attached hydrogens (primary N) is 2. The molecule has 6 heteroatoms. The summed E-state index contributed by atoms with van der Waals surface area (Å²) in [6.07, 6.45) is 1.47. The maximum Gasteiger partial charge on any atom is 0.163 e. The van der Waals surface area contributed by atoms with Crippen LogP contribution in [0.15, 0.2) is 65.8 Å². The standard InChI is InChI=1S/C27H31N3O3/c1-4-6-24-25(14-13-23(18(3)31)26(24)32)33-16-19-9-11-20(12-10-19)17(2)21-7-5-8-22(15-21)27(28)30-29/h5,7-15,17,32H,4,6,16,29H2,1-3H3,(H2,28,30). The average molecular weight is 446 g/mol. The van der Waals surface area contributed by atoms with E-state index in [0.29, 0.717) is 35.7 Å². The summed E-state index contributed by atoms with van der Waals surface area (Å²) in [4.78, 5) is 11.8. The Hall–Kier alpha value is -3.80. The van der Waals surface area contributed by atoms with Crippen LogP contribution in [0.3, 0.4) is 0 Å². The van der Waals surface area contributed by atoms with Crippen molar-refractivity contribution in [2.75, 3.05) is 0 Å². The summed E-state index contributed by atoms with van der Waals surface area (Å²) in [6.45, 7) is 5.97. The Labute approximate surface area is 194 Å². The van der Waals surface area contributed by atoms with Gasteiger partial charge in [-0.3, -0.25) is 4.79 Å². The summed E-state index contributed by atoms with van der Waals surface area (Å²) in [5.74, 6) is 6.24. The molecular weight excluding hydrogens is 414 g/mol. The number of hydrazone groups is 1. The Balaban J connectivity index is 1.74. The average Bonchev–Trinajstić information content (AvgIpc) is 2.83. The number of rotatable bonds is 9. The monoisotopic (exact) mass is 445 g/mol. The van der Waals surface area contributed by atoms with Crippen LogP contribution in [0.4, 0.5) is 0 Å². The van der Waals surface area contributed by atoms with E-state index in [0.717, 1.165) is 28.7 Å². The first-order valence-corrected chi connectivity index (χ1v) is 11.1. The summed E-state index contributed by atoms with van der Waals surface area (Å²) in [5.41, 5.74) is 10.9. The van der Waals surface area contributed by atoms with Crippen LogP contribution >= 0.6 is 0 Å². The zero-order chi connectivity index (χ0) is 24.0. The lowest BCUT2D eigenvalue weighted by atomic mass is 9.91. The predicted molar refractivity (Wildman–Crippen MR) is 132 cm³/mol. The second-order valence-corrected chi connectivity index (χ2v) is 8.14. The highest BCUT2D eigenvalue weighted by Gasteiger charge is 2.16. The highest BCUT2D eigenvalue weighted by molar-refractivity contribution is 5.98. The number of nitrogens with zero attached hydrogens (tertiary/aromatic N) is 1. The van der Waals surface area contributed by atoms with E-state index >= 15 is 0 Å². The maximum absolute atomic E-state index is 11.8. The van der Waals surface area contributed by atoms with E-state index in [-0.39, 0.29) is 17.5 Å². The number of phenols is 1. The Morgan fingerprint density at radius 1 is 1.09 bits per heavy atom. The summed E-state index contributed by atoms with van der Waals surface area (Å²) < 4.78 is 6.02. The number of hydrogen-bond donors (Lipinski definition) is 3. The third-order valence-electron chi connectivity index (χ3n) is 5.81. The molecule has 0 aliphatic rings. The van der Waals surface area contributed by atoms with Crippen molar-refractivity contribution in [3.05, 3.63) is 94.0 Å². The van der Waals surface area contributed by atoms with Crippen molar-refractivity contribution in [1.82, 2.24) is 0 Å². The van der Waals surface area contributed by atoms with Gasteiger partial charge >= 0.3 is 0 Å². The molecule has 0 radical (unpaired) electrons. The van der Waals surface area contributed by atoms with Crippen LogP contribution in [-0.2, 0) is 13.0 Å². The molecule has 6 nitrogen and oxygen atoms in total. The number of phenolic OH excluding ortho intramolecular Hbond substituents is 1. The van der Waals surface area contributed by atoms with Gasteiger partial charge in [0.15, 0.2) is 5.78 Å². The number of carbonyl (C=O) groups excluding carboxylic acids is 1. The van der Waals surface area contributed by atoms with Crippen LogP contribution in [0.1, 0.15) is 71.3 Å². The molecule has 33 heavy (non-hydrogen) atoms. The van der Waals surface area contributed by atoms with Crippen molar-refractivity contribution in [2.45, 2.75) is 46.1 Å². The lowest BCUT2D eigenvalue weighted by Gasteiger charge is -2.16. The lowest BCUT2D eigenvalue weighted by molar-refractivity contribution is 0.101. The highest BCUT2D eigenvalue weighted by Crippen LogP contribution is 2.33. The summed E-state index contributed by atoms with van der Waals surface area (Å²) in [5, 5.41) is 14.1. The molecule has 3 aromatic rings. The number of benzene rings is 3. The first-order valence-electron chi connectivity index (χ1n) is 11.1. The molecule has 0 amide bonds. The van der Waals surface area contributed by atoms with Crippen LogP contribution in [0.5, 0.6) is 11.5 Å². The predicted octanol–water partition coefficient (Wildman–Crippen LogP) is 4.86. The number of carbonyl (C=O) groups is 1. The minimum absolute atomic E-state index is 0.0218. The molecule has 3 rings (SSSR count). The van der Waals surface area contributed by atoms with E-state index in [2.05, 4.69) is 30.2 Å². The smallest absolute Gasteiger partial charge is 0.163 e. The largest absolute Gasteiger partial charge is 0.507 e. The Morgan fingerprint density at radius 3 is 2.45 bits per heavy atom. The van der Waals surface area contributed by atoms with E-state index in [9.17, 15) is 9.90 Å². The highest BCUT2D eigenvalue weighted by atomic mass is 16.5. The zero-order valence-corrected chi connectivity index (χ0v) is 19.3. The molecule has 0 saturated carbocycles. The summed E-state index contributed by atoms with van der Waals surface area (Å²) in [6, 6.07) is 19.5. The first-order chi connectivity index (χ1) is 15.8. The topological polar surface area (TPSA) is 111 Å². The molecule has 5 N–H and O–H groups in total. The fourth-order valence-electron chi connectivity index (χ4n) is 3.83. The van der Waals surface area contributed by atoms with Crippen molar-refractivity contribution in [2.24, 2.45) is 16.7 Å². The van der Waals surface area contributed by atoms with Gasteiger partial charge in [0.1, 0.15) is 23.9 Å². The van der Waals surface area contributed by atoms with Gasteiger partial charge in [-0.1, -0.05) is 62.7 Å². The number of hydrogen-bond acceptors (Lipinski definition) is 5. The van der Waals surface area contributed by atoms with Crippen molar-refractivity contribution >= 4 is 11.6 Å². The third kappa shape index (κ3) is 5.52. The molecule has 0 heterocycles. The Morgan fingerprint density at radius 2 is 1.82 bits per heavy atom. The molecule has 0 spiro atoms. The quantitative estimate of drug-likeness (QED) is 0.143. The van der Waals surface area contributed by atoms with Crippen LogP contribution < -0.4 is 16.3 Å². The molecular formula is C27H31N3O3. The molecule has 0 aromatic heterocycles. The van der Waals surface area contributed by atoms with Gasteiger partial charge in [-0.2, -0.15) is 5.10 Å². The van der Waals surface area contributed by atoms with Crippen molar-refractivity contribution in [3.63, 3.8) is 0 Å². The number of ketones is 1. The number of aromatic hydroxyl groups is 1. The second-order valence-electron chi connectivity index (χ2n) is 8.14. The van der Waals surface area contributed by atoms with Gasteiger partial charge in [-0.05, 0) is 48.2 Å². The molecule has 1 atom stereocenters. The molecule has 0 bridgehead atoms. The SMILES string of the molecule is CCCc1c(OCc2ccc(C(C)c3cccc(/C(N)=N/N)c3)cc2)ccc(C(C)=O)c1O. The van der Waals surface area contributed by atoms with Crippen molar-refractivity contribution < 1.29 is 14.6 Å².